The number of hydrogen-bond acceptors (Lipinski definition) is 6. The van der Waals surface area contributed by atoms with Crippen LogP contribution in [0.4, 0.5) is 5.69 Å². The number of thioether (sulfide) groups is 1. The number of carbonyl (C=O) groups is 1. The maximum atomic E-state index is 11.9. The number of nitrogen functional groups attached to an aromatic ring is 1. The van der Waals surface area contributed by atoms with Crippen molar-refractivity contribution in [2.75, 3.05) is 16.9 Å². The molecule has 7 nitrogen and oxygen atoms in total. The first-order valence-electron chi connectivity index (χ1n) is 5.97. The Kier molecular flexibility index (Phi) is 5.28. The fraction of sp³-hybridized carbons (Fsp3) is 0.167. The molecule has 0 spiro atoms. The predicted molar refractivity (Wildman–Crippen MR) is 87.0 cm³/mol. The van der Waals surface area contributed by atoms with Crippen molar-refractivity contribution in [1.82, 2.24) is 14.6 Å². The molecule has 0 aliphatic rings. The quantitative estimate of drug-likeness (QED) is 0.636. The van der Waals surface area contributed by atoms with Crippen LogP contribution < -0.4 is 16.8 Å². The Balaban J connectivity index is 2.00. The highest BCUT2D eigenvalue weighted by molar-refractivity contribution is 7.99. The molecule has 0 aliphatic carbocycles. The van der Waals surface area contributed by atoms with E-state index in [0.717, 1.165) is 16.4 Å². The summed E-state index contributed by atoms with van der Waals surface area (Å²) >= 11 is 12.8. The van der Waals surface area contributed by atoms with E-state index < -0.39 is 5.69 Å². The highest BCUT2D eigenvalue weighted by Gasteiger charge is 2.10. The molecular formula is C12H11Cl2N5O2S. The number of aryl methyl sites for hydroxylation is 1. The van der Waals surface area contributed by atoms with Gasteiger partial charge < -0.3 is 11.2 Å². The second-order valence-electron chi connectivity index (χ2n) is 4.17. The Bertz CT molecular complexity index is 781. The van der Waals surface area contributed by atoms with Crippen LogP contribution in [0.1, 0.15) is 5.82 Å². The van der Waals surface area contributed by atoms with Gasteiger partial charge in [0, 0.05) is 5.02 Å². The molecule has 0 saturated carbocycles. The normalized spacial score (nSPS) is 10.5. The molecule has 1 aromatic heterocycles. The number of hydrogen-bond donors (Lipinski definition) is 2. The molecule has 0 unspecified atom stereocenters. The van der Waals surface area contributed by atoms with Gasteiger partial charge in [-0.3, -0.25) is 4.79 Å². The summed E-state index contributed by atoms with van der Waals surface area (Å²) in [5, 5.41) is 3.63. The zero-order valence-electron chi connectivity index (χ0n) is 11.3. The van der Waals surface area contributed by atoms with Gasteiger partial charge in [0.1, 0.15) is 5.82 Å². The first-order valence-corrected chi connectivity index (χ1v) is 7.71. The molecule has 1 aromatic carbocycles. The number of carbonyl (C=O) groups excluding carboxylic acids is 1. The molecule has 0 fully saturated rings. The summed E-state index contributed by atoms with van der Waals surface area (Å²) < 4.78 is 0.831. The van der Waals surface area contributed by atoms with Gasteiger partial charge in [-0.15, -0.1) is 0 Å². The lowest BCUT2D eigenvalue weighted by Gasteiger charge is -2.07. The number of benzene rings is 1. The van der Waals surface area contributed by atoms with E-state index >= 15 is 0 Å². The summed E-state index contributed by atoms with van der Waals surface area (Å²) in [5.41, 5.74) is -0.178. The van der Waals surface area contributed by atoms with Gasteiger partial charge in [-0.1, -0.05) is 35.0 Å². The molecule has 10 heteroatoms. The summed E-state index contributed by atoms with van der Waals surface area (Å²) in [5.74, 6) is 5.42. The number of nitrogens with zero attached hydrogens (tertiary/aromatic N) is 3. The molecule has 0 bridgehead atoms. The van der Waals surface area contributed by atoms with Crippen LogP contribution in [0.15, 0.2) is 28.2 Å². The lowest BCUT2D eigenvalue weighted by molar-refractivity contribution is -0.113. The van der Waals surface area contributed by atoms with E-state index in [1.165, 1.54) is 6.07 Å². The van der Waals surface area contributed by atoms with E-state index in [4.69, 9.17) is 29.0 Å². The van der Waals surface area contributed by atoms with Crippen molar-refractivity contribution >= 4 is 46.6 Å². The Hall–Kier alpha value is -1.77. The van der Waals surface area contributed by atoms with Gasteiger partial charge in [0.15, 0.2) is 5.16 Å². The average Bonchev–Trinajstić information content (AvgIpc) is 2.45. The van der Waals surface area contributed by atoms with Gasteiger partial charge in [-0.2, -0.15) is 9.66 Å². The average molecular weight is 360 g/mol. The largest absolute Gasteiger partial charge is 0.370 e. The van der Waals surface area contributed by atoms with Crippen molar-refractivity contribution in [2.45, 2.75) is 12.1 Å². The maximum Gasteiger partial charge on any atom is 0.370 e. The van der Waals surface area contributed by atoms with E-state index in [2.05, 4.69) is 15.3 Å². The monoisotopic (exact) mass is 359 g/mol. The molecule has 116 valence electrons. The third-order valence-corrected chi connectivity index (χ3v) is 3.94. The van der Waals surface area contributed by atoms with Crippen LogP contribution >= 0.6 is 35.0 Å². The molecule has 0 radical (unpaired) electrons. The van der Waals surface area contributed by atoms with Crippen LogP contribution in [0.5, 0.6) is 0 Å². The fourth-order valence-electron chi connectivity index (χ4n) is 1.46. The number of halogens is 2. The van der Waals surface area contributed by atoms with Crippen LogP contribution in [-0.2, 0) is 4.79 Å². The van der Waals surface area contributed by atoms with Crippen LogP contribution in [0, 0.1) is 6.92 Å². The smallest absolute Gasteiger partial charge is 0.334 e. The van der Waals surface area contributed by atoms with E-state index in [1.54, 1.807) is 19.1 Å². The first-order chi connectivity index (χ1) is 10.4. The van der Waals surface area contributed by atoms with Gasteiger partial charge in [0.2, 0.25) is 5.91 Å². The van der Waals surface area contributed by atoms with Crippen molar-refractivity contribution < 1.29 is 4.79 Å². The van der Waals surface area contributed by atoms with Crippen molar-refractivity contribution in [2.24, 2.45) is 0 Å². The van der Waals surface area contributed by atoms with Crippen molar-refractivity contribution in [1.29, 1.82) is 0 Å². The predicted octanol–water partition coefficient (Wildman–Crippen LogP) is 1.70. The number of rotatable bonds is 4. The fourth-order valence-corrected chi connectivity index (χ4v) is 2.59. The van der Waals surface area contributed by atoms with Gasteiger partial charge in [-0.05, 0) is 25.1 Å². The van der Waals surface area contributed by atoms with Gasteiger partial charge >= 0.3 is 5.69 Å². The van der Waals surface area contributed by atoms with Crippen LogP contribution in [0.3, 0.4) is 0 Å². The summed E-state index contributed by atoms with van der Waals surface area (Å²) in [6, 6.07) is 4.74. The maximum absolute atomic E-state index is 11.9. The zero-order valence-corrected chi connectivity index (χ0v) is 13.7. The molecule has 0 atom stereocenters. The Labute approximate surface area is 139 Å². The van der Waals surface area contributed by atoms with E-state index in [-0.39, 0.29) is 16.8 Å². The Morgan fingerprint density at radius 1 is 1.41 bits per heavy atom. The molecule has 2 aromatic rings. The molecule has 3 N–H and O–H groups in total. The second-order valence-corrected chi connectivity index (χ2v) is 5.95. The summed E-state index contributed by atoms with van der Waals surface area (Å²) in [4.78, 5) is 30.9. The van der Waals surface area contributed by atoms with E-state index in [0.29, 0.717) is 21.6 Å². The third kappa shape index (κ3) is 4.12. The van der Waals surface area contributed by atoms with Crippen LogP contribution in [0.2, 0.25) is 10.0 Å². The number of nitrogens with one attached hydrogen (secondary N) is 1. The van der Waals surface area contributed by atoms with Crippen LogP contribution in [0.25, 0.3) is 0 Å². The Morgan fingerprint density at radius 2 is 2.14 bits per heavy atom. The number of aromatic nitrogens is 3. The first kappa shape index (κ1) is 16.6. The minimum Gasteiger partial charge on any atom is -0.334 e. The molecule has 22 heavy (non-hydrogen) atoms. The summed E-state index contributed by atoms with van der Waals surface area (Å²) in [6.07, 6.45) is 0. The number of anilines is 1. The summed E-state index contributed by atoms with van der Waals surface area (Å²) in [6.45, 7) is 1.57. The third-order valence-electron chi connectivity index (χ3n) is 2.54. The number of nitrogens with two attached hydrogens (primary N) is 1. The second kappa shape index (κ2) is 6.99. The van der Waals surface area contributed by atoms with Crippen molar-refractivity contribution in [3.63, 3.8) is 0 Å². The van der Waals surface area contributed by atoms with Crippen molar-refractivity contribution in [3.8, 4) is 0 Å². The van der Waals surface area contributed by atoms with Gasteiger partial charge in [0.25, 0.3) is 0 Å². The summed E-state index contributed by atoms with van der Waals surface area (Å²) in [7, 11) is 0. The van der Waals surface area contributed by atoms with Crippen LogP contribution in [-0.4, -0.2) is 26.3 Å². The van der Waals surface area contributed by atoms with Gasteiger partial charge in [-0.25, -0.2) is 9.78 Å². The molecule has 1 amide bonds. The highest BCUT2D eigenvalue weighted by Crippen LogP contribution is 2.25. The minimum atomic E-state index is -0.629. The SMILES string of the molecule is Cc1nc(SCC(=O)Nc2ccc(Cl)cc2Cl)nc(=O)n1N. The standard InChI is InChI=1S/C12H11Cl2N5O2S/c1-6-16-11(18-12(21)19(6)15)22-5-10(20)17-9-3-2-7(13)4-8(9)14/h2-4H,5,15H2,1H3,(H,17,20). The van der Waals surface area contributed by atoms with Crippen molar-refractivity contribution in [3.05, 3.63) is 44.6 Å². The van der Waals surface area contributed by atoms with Gasteiger partial charge in [0.05, 0.1) is 16.5 Å². The molecular weight excluding hydrogens is 349 g/mol. The minimum absolute atomic E-state index is 0.0203. The molecule has 0 aliphatic heterocycles. The van der Waals surface area contributed by atoms with E-state index in [9.17, 15) is 9.59 Å². The Morgan fingerprint density at radius 3 is 2.77 bits per heavy atom. The topological polar surface area (TPSA) is 103 Å². The number of amides is 1. The highest BCUT2D eigenvalue weighted by atomic mass is 35.5. The lowest BCUT2D eigenvalue weighted by Crippen LogP contribution is -2.32. The molecule has 2 rings (SSSR count). The lowest BCUT2D eigenvalue weighted by atomic mass is 10.3. The zero-order chi connectivity index (χ0) is 16.3. The van der Waals surface area contributed by atoms with E-state index in [1.807, 2.05) is 0 Å². The molecule has 1 heterocycles. The molecule has 0 saturated heterocycles.